The lowest BCUT2D eigenvalue weighted by Crippen LogP contribution is -2.32. The largest absolute Gasteiger partial charge is 0.390 e. The molecule has 2 N–H and O–H groups in total. The maximum absolute atomic E-state index is 9.65. The number of aryl methyl sites for hydroxylation is 1. The molecular formula is C10H19N3O2. The number of methoxy groups -OCH3 is 1. The molecule has 0 aliphatic heterocycles. The lowest BCUT2D eigenvalue weighted by molar-refractivity contribution is 0.140. The Balaban J connectivity index is 2.15. The molecule has 0 fully saturated rings. The monoisotopic (exact) mass is 213 g/mol. The van der Waals surface area contributed by atoms with Crippen LogP contribution in [-0.2, 0) is 11.3 Å². The topological polar surface area (TPSA) is 59.3 Å². The van der Waals surface area contributed by atoms with E-state index in [1.54, 1.807) is 11.8 Å². The Kier molecular flexibility index (Phi) is 5.31. The van der Waals surface area contributed by atoms with Gasteiger partial charge in [0.15, 0.2) is 0 Å². The molecule has 86 valence electrons. The van der Waals surface area contributed by atoms with Crippen LogP contribution in [0.25, 0.3) is 0 Å². The van der Waals surface area contributed by atoms with Gasteiger partial charge in [0.05, 0.1) is 24.9 Å². The van der Waals surface area contributed by atoms with Crippen molar-refractivity contribution >= 4 is 0 Å². The molecule has 0 aliphatic carbocycles. The van der Waals surface area contributed by atoms with Crippen molar-refractivity contribution in [3.05, 3.63) is 18.0 Å². The molecule has 15 heavy (non-hydrogen) atoms. The summed E-state index contributed by atoms with van der Waals surface area (Å²) >= 11 is 0. The van der Waals surface area contributed by atoms with Crippen molar-refractivity contribution in [1.29, 1.82) is 0 Å². The van der Waals surface area contributed by atoms with Crippen molar-refractivity contribution in [2.24, 2.45) is 0 Å². The Bertz CT molecular complexity index is 275. The van der Waals surface area contributed by atoms with Crippen molar-refractivity contribution in [3.63, 3.8) is 0 Å². The highest BCUT2D eigenvalue weighted by Gasteiger charge is 2.04. The average molecular weight is 213 g/mol. The molecule has 5 nitrogen and oxygen atoms in total. The van der Waals surface area contributed by atoms with Crippen LogP contribution in [0, 0.1) is 6.92 Å². The van der Waals surface area contributed by atoms with Crippen molar-refractivity contribution in [2.75, 3.05) is 26.8 Å². The average Bonchev–Trinajstić information content (AvgIpc) is 2.59. The van der Waals surface area contributed by atoms with E-state index in [1.807, 2.05) is 19.2 Å². The summed E-state index contributed by atoms with van der Waals surface area (Å²) in [6, 6.07) is 1.92. The van der Waals surface area contributed by atoms with Crippen LogP contribution >= 0.6 is 0 Å². The van der Waals surface area contributed by atoms with Crippen LogP contribution in [0.15, 0.2) is 12.3 Å². The van der Waals surface area contributed by atoms with E-state index in [9.17, 15) is 5.11 Å². The van der Waals surface area contributed by atoms with E-state index in [0.29, 0.717) is 19.7 Å². The minimum absolute atomic E-state index is 0.416. The standard InChI is InChI=1S/C10H19N3O2/c1-9-3-5-13(12-9)8-10(14)7-11-4-6-15-2/h3,5,10-11,14H,4,6-8H2,1-2H3. The lowest BCUT2D eigenvalue weighted by Gasteiger charge is -2.11. The summed E-state index contributed by atoms with van der Waals surface area (Å²) in [5.74, 6) is 0. The number of nitrogens with one attached hydrogen (secondary N) is 1. The zero-order valence-corrected chi connectivity index (χ0v) is 9.31. The molecule has 1 unspecified atom stereocenters. The summed E-state index contributed by atoms with van der Waals surface area (Å²) in [6.45, 7) is 4.43. The van der Waals surface area contributed by atoms with Crippen LogP contribution in [0.5, 0.6) is 0 Å². The fraction of sp³-hybridized carbons (Fsp3) is 0.700. The van der Waals surface area contributed by atoms with Gasteiger partial charge in [-0.25, -0.2) is 0 Å². The van der Waals surface area contributed by atoms with Gasteiger partial charge in [-0.3, -0.25) is 4.68 Å². The minimum atomic E-state index is -0.416. The van der Waals surface area contributed by atoms with Gasteiger partial charge in [-0.2, -0.15) is 5.10 Å². The van der Waals surface area contributed by atoms with E-state index < -0.39 is 6.10 Å². The molecule has 0 aromatic carbocycles. The second-order valence-electron chi connectivity index (χ2n) is 3.53. The van der Waals surface area contributed by atoms with Crippen LogP contribution in [0.1, 0.15) is 5.69 Å². The van der Waals surface area contributed by atoms with E-state index in [4.69, 9.17) is 4.74 Å². The first-order valence-corrected chi connectivity index (χ1v) is 5.10. The second kappa shape index (κ2) is 6.55. The van der Waals surface area contributed by atoms with Crippen LogP contribution in [0.3, 0.4) is 0 Å². The van der Waals surface area contributed by atoms with Crippen LogP contribution in [-0.4, -0.2) is 47.8 Å². The summed E-state index contributed by atoms with van der Waals surface area (Å²) in [5.41, 5.74) is 0.967. The number of nitrogens with zero attached hydrogens (tertiary/aromatic N) is 2. The first kappa shape index (κ1) is 12.2. The number of hydrogen-bond acceptors (Lipinski definition) is 4. The van der Waals surface area contributed by atoms with Crippen LogP contribution in [0.2, 0.25) is 0 Å². The Morgan fingerprint density at radius 1 is 1.67 bits per heavy atom. The molecule has 0 saturated carbocycles. The van der Waals surface area contributed by atoms with Crippen molar-refractivity contribution < 1.29 is 9.84 Å². The van der Waals surface area contributed by atoms with Crippen molar-refractivity contribution in [1.82, 2.24) is 15.1 Å². The number of aromatic nitrogens is 2. The van der Waals surface area contributed by atoms with Gasteiger partial charge in [-0.05, 0) is 13.0 Å². The maximum atomic E-state index is 9.65. The number of rotatable bonds is 7. The lowest BCUT2D eigenvalue weighted by atomic mass is 10.3. The normalized spacial score (nSPS) is 13.0. The smallest absolute Gasteiger partial charge is 0.0860 e. The number of aliphatic hydroxyl groups excluding tert-OH is 1. The van der Waals surface area contributed by atoms with Gasteiger partial charge in [0.25, 0.3) is 0 Å². The third kappa shape index (κ3) is 4.92. The zero-order valence-electron chi connectivity index (χ0n) is 9.31. The van der Waals surface area contributed by atoms with Crippen molar-refractivity contribution in [2.45, 2.75) is 19.6 Å². The van der Waals surface area contributed by atoms with E-state index in [1.165, 1.54) is 0 Å². The van der Waals surface area contributed by atoms with E-state index in [-0.39, 0.29) is 0 Å². The third-order valence-electron chi connectivity index (χ3n) is 2.03. The quantitative estimate of drug-likeness (QED) is 0.615. The summed E-state index contributed by atoms with van der Waals surface area (Å²) < 4.78 is 6.63. The Labute approximate surface area is 90.1 Å². The molecule has 0 bridgehead atoms. The van der Waals surface area contributed by atoms with Gasteiger partial charge in [-0.15, -0.1) is 0 Å². The number of ether oxygens (including phenoxy) is 1. The second-order valence-corrected chi connectivity index (χ2v) is 3.53. The predicted molar refractivity (Wildman–Crippen MR) is 57.7 cm³/mol. The van der Waals surface area contributed by atoms with Gasteiger partial charge < -0.3 is 15.2 Å². The van der Waals surface area contributed by atoms with E-state index >= 15 is 0 Å². The van der Waals surface area contributed by atoms with Gasteiger partial charge in [0, 0.05) is 26.4 Å². The fourth-order valence-corrected chi connectivity index (χ4v) is 1.29. The molecular weight excluding hydrogens is 194 g/mol. The van der Waals surface area contributed by atoms with Gasteiger partial charge in [-0.1, -0.05) is 0 Å². The molecule has 1 atom stereocenters. The number of aliphatic hydroxyl groups is 1. The van der Waals surface area contributed by atoms with Gasteiger partial charge in [0.1, 0.15) is 0 Å². The minimum Gasteiger partial charge on any atom is -0.390 e. The molecule has 1 rings (SSSR count). The molecule has 1 aromatic rings. The Morgan fingerprint density at radius 3 is 3.07 bits per heavy atom. The van der Waals surface area contributed by atoms with Crippen LogP contribution < -0.4 is 5.32 Å². The molecule has 0 spiro atoms. The first-order chi connectivity index (χ1) is 7.22. The molecule has 0 saturated heterocycles. The van der Waals surface area contributed by atoms with Crippen LogP contribution in [0.4, 0.5) is 0 Å². The van der Waals surface area contributed by atoms with Gasteiger partial charge in [0.2, 0.25) is 0 Å². The molecule has 1 aromatic heterocycles. The fourth-order valence-electron chi connectivity index (χ4n) is 1.29. The maximum Gasteiger partial charge on any atom is 0.0860 e. The highest BCUT2D eigenvalue weighted by Crippen LogP contribution is 1.94. The molecule has 0 aliphatic rings. The summed E-state index contributed by atoms with van der Waals surface area (Å²) in [4.78, 5) is 0. The number of hydrogen-bond donors (Lipinski definition) is 2. The molecule has 0 radical (unpaired) electrons. The highest BCUT2D eigenvalue weighted by atomic mass is 16.5. The summed E-state index contributed by atoms with van der Waals surface area (Å²) in [7, 11) is 1.66. The molecule has 5 heteroatoms. The van der Waals surface area contributed by atoms with E-state index in [0.717, 1.165) is 12.2 Å². The van der Waals surface area contributed by atoms with Crippen molar-refractivity contribution in [3.8, 4) is 0 Å². The Morgan fingerprint density at radius 2 is 2.47 bits per heavy atom. The zero-order chi connectivity index (χ0) is 11.1. The summed E-state index contributed by atoms with van der Waals surface area (Å²) in [6.07, 6.45) is 1.45. The predicted octanol–water partition coefficient (Wildman–Crippen LogP) is -0.212. The molecule has 1 heterocycles. The Hall–Kier alpha value is -0.910. The summed E-state index contributed by atoms with van der Waals surface area (Å²) in [5, 5.41) is 16.9. The highest BCUT2D eigenvalue weighted by molar-refractivity contribution is 4.94. The first-order valence-electron chi connectivity index (χ1n) is 5.10. The third-order valence-corrected chi connectivity index (χ3v) is 2.03. The molecule has 0 amide bonds. The SMILES string of the molecule is COCCNCC(O)Cn1ccc(C)n1. The van der Waals surface area contributed by atoms with Gasteiger partial charge >= 0.3 is 0 Å². The van der Waals surface area contributed by atoms with E-state index in [2.05, 4.69) is 10.4 Å².